The first-order valence-electron chi connectivity index (χ1n) is 3.23. The van der Waals surface area contributed by atoms with Crippen molar-refractivity contribution in [3.8, 4) is 0 Å². The fourth-order valence-electron chi connectivity index (χ4n) is 1.17. The van der Waals surface area contributed by atoms with Gasteiger partial charge < -0.3 is 0 Å². The molecule has 0 aromatic carbocycles. The van der Waals surface area contributed by atoms with Crippen molar-refractivity contribution in [2.45, 2.75) is 26.2 Å². The fourth-order valence-corrected chi connectivity index (χ4v) is 1.17. The molecule has 1 saturated carbocycles. The second kappa shape index (κ2) is 2.29. The van der Waals surface area contributed by atoms with E-state index in [0.29, 0.717) is 12.3 Å². The third kappa shape index (κ3) is 1.09. The first kappa shape index (κ1) is 5.80. The van der Waals surface area contributed by atoms with Crippen LogP contribution in [0.3, 0.4) is 0 Å². The maximum Gasteiger partial charge on any atom is 0.198 e. The Morgan fingerprint density at radius 3 is 2.75 bits per heavy atom. The molecule has 1 radical (unpaired) electrons. The number of hydrogen-bond donors (Lipinski definition) is 0. The Bertz CT molecular complexity index is 88.4. The van der Waals surface area contributed by atoms with Crippen molar-refractivity contribution in [3.63, 3.8) is 0 Å². The monoisotopic (exact) mass is 111 g/mol. The van der Waals surface area contributed by atoms with Gasteiger partial charge in [0.2, 0.25) is 0 Å². The van der Waals surface area contributed by atoms with Gasteiger partial charge >= 0.3 is 0 Å². The van der Waals surface area contributed by atoms with Crippen LogP contribution in [0.4, 0.5) is 0 Å². The van der Waals surface area contributed by atoms with Crippen LogP contribution in [0.25, 0.3) is 0 Å². The highest BCUT2D eigenvalue weighted by atomic mass is 16.1. The van der Waals surface area contributed by atoms with Crippen LogP contribution < -0.4 is 0 Å². The molecule has 1 rings (SSSR count). The van der Waals surface area contributed by atoms with Crippen LogP contribution in [0, 0.1) is 11.8 Å². The molecule has 1 fully saturated rings. The molecule has 0 aromatic rings. The first-order valence-corrected chi connectivity index (χ1v) is 3.23. The van der Waals surface area contributed by atoms with Gasteiger partial charge in [0.15, 0.2) is 6.29 Å². The van der Waals surface area contributed by atoms with Gasteiger partial charge in [-0.15, -0.1) is 0 Å². The predicted octanol–water partition coefficient (Wildman–Crippen LogP) is 1.53. The van der Waals surface area contributed by atoms with Gasteiger partial charge in [0.25, 0.3) is 0 Å². The van der Waals surface area contributed by atoms with Gasteiger partial charge in [-0.2, -0.15) is 0 Å². The smallest absolute Gasteiger partial charge is 0.198 e. The lowest BCUT2D eigenvalue weighted by atomic mass is 10.2. The van der Waals surface area contributed by atoms with Gasteiger partial charge in [0, 0.05) is 6.42 Å². The molecule has 1 heteroatoms. The minimum atomic E-state index is 0.679. The summed E-state index contributed by atoms with van der Waals surface area (Å²) in [4.78, 5) is 9.79. The molecule has 0 aromatic heterocycles. The van der Waals surface area contributed by atoms with Crippen LogP contribution in [0.2, 0.25) is 0 Å². The molecule has 0 bridgehead atoms. The number of rotatable bonds is 3. The van der Waals surface area contributed by atoms with Crippen LogP contribution >= 0.6 is 0 Å². The van der Waals surface area contributed by atoms with E-state index >= 15 is 0 Å². The number of carbonyl (C=O) groups excluding carboxylic acids is 1. The van der Waals surface area contributed by atoms with Gasteiger partial charge in [-0.1, -0.05) is 13.3 Å². The van der Waals surface area contributed by atoms with Crippen molar-refractivity contribution in [1.29, 1.82) is 0 Å². The van der Waals surface area contributed by atoms with Gasteiger partial charge in [-0.05, 0) is 18.3 Å². The van der Waals surface area contributed by atoms with E-state index < -0.39 is 0 Å². The summed E-state index contributed by atoms with van der Waals surface area (Å²) in [5.74, 6) is 1.56. The van der Waals surface area contributed by atoms with E-state index in [0.717, 1.165) is 5.92 Å². The largest absolute Gasteiger partial charge is 0.291 e. The summed E-state index contributed by atoms with van der Waals surface area (Å²) < 4.78 is 0. The molecule has 0 spiro atoms. The Balaban J connectivity index is 2.07. The van der Waals surface area contributed by atoms with Crippen LogP contribution in [0.5, 0.6) is 0 Å². The highest BCUT2D eigenvalue weighted by Gasteiger charge is 2.34. The topological polar surface area (TPSA) is 17.1 Å². The van der Waals surface area contributed by atoms with E-state index in [4.69, 9.17) is 0 Å². The zero-order chi connectivity index (χ0) is 5.98. The molecule has 1 nitrogen and oxygen atoms in total. The molecule has 0 aliphatic heterocycles. The van der Waals surface area contributed by atoms with E-state index in [9.17, 15) is 4.79 Å². The molecule has 0 amide bonds. The lowest BCUT2D eigenvalue weighted by Crippen LogP contribution is -1.80. The van der Waals surface area contributed by atoms with Crippen molar-refractivity contribution in [2.75, 3.05) is 0 Å². The molecule has 1 aliphatic rings. The molecule has 0 N–H and O–H groups in total. The lowest BCUT2D eigenvalue weighted by Gasteiger charge is -1.84. The van der Waals surface area contributed by atoms with Crippen LogP contribution in [-0.4, -0.2) is 6.29 Å². The Labute approximate surface area is 50.1 Å². The second-order valence-electron chi connectivity index (χ2n) is 2.51. The standard InChI is InChI=1S/C7H11O/c1-2-6-5-7(6)3-4-8/h6-7H,2-3,5H2,1H3. The summed E-state index contributed by atoms with van der Waals surface area (Å²) >= 11 is 0. The van der Waals surface area contributed by atoms with E-state index in [1.807, 2.05) is 6.29 Å². The first-order chi connectivity index (χ1) is 3.88. The third-order valence-electron chi connectivity index (χ3n) is 1.94. The molecule has 45 valence electrons. The maximum absolute atomic E-state index is 9.79. The Morgan fingerprint density at radius 2 is 2.38 bits per heavy atom. The van der Waals surface area contributed by atoms with Crippen molar-refractivity contribution in [2.24, 2.45) is 11.8 Å². The van der Waals surface area contributed by atoms with Crippen LogP contribution in [-0.2, 0) is 4.79 Å². The summed E-state index contributed by atoms with van der Waals surface area (Å²) in [6.45, 7) is 2.18. The van der Waals surface area contributed by atoms with E-state index in [1.54, 1.807) is 0 Å². The molecule has 1 aliphatic carbocycles. The van der Waals surface area contributed by atoms with E-state index in [1.165, 1.54) is 12.8 Å². The summed E-state index contributed by atoms with van der Waals surface area (Å²) in [6.07, 6.45) is 5.14. The Hall–Kier alpha value is -0.330. The van der Waals surface area contributed by atoms with Crippen molar-refractivity contribution in [3.05, 3.63) is 0 Å². The second-order valence-corrected chi connectivity index (χ2v) is 2.51. The zero-order valence-corrected chi connectivity index (χ0v) is 5.18. The molecule has 0 saturated heterocycles. The van der Waals surface area contributed by atoms with Crippen LogP contribution in [0.15, 0.2) is 0 Å². The van der Waals surface area contributed by atoms with E-state index in [-0.39, 0.29) is 0 Å². The molecular formula is C7H11O. The Kier molecular flexibility index (Phi) is 1.66. The normalized spacial score (nSPS) is 34.6. The van der Waals surface area contributed by atoms with Gasteiger partial charge in [0.05, 0.1) is 0 Å². The van der Waals surface area contributed by atoms with Gasteiger partial charge in [-0.25, -0.2) is 0 Å². The van der Waals surface area contributed by atoms with E-state index in [2.05, 4.69) is 6.92 Å². The fraction of sp³-hybridized carbons (Fsp3) is 0.857. The Morgan fingerprint density at radius 1 is 1.62 bits per heavy atom. The summed E-state index contributed by atoms with van der Waals surface area (Å²) in [5, 5.41) is 0. The summed E-state index contributed by atoms with van der Waals surface area (Å²) in [7, 11) is 0. The molecule has 8 heavy (non-hydrogen) atoms. The quantitative estimate of drug-likeness (QED) is 0.539. The van der Waals surface area contributed by atoms with Crippen molar-refractivity contribution >= 4 is 6.29 Å². The van der Waals surface area contributed by atoms with Gasteiger partial charge in [-0.3, -0.25) is 4.79 Å². The molecule has 2 atom stereocenters. The maximum atomic E-state index is 9.79. The minimum absolute atomic E-state index is 0.679. The summed E-state index contributed by atoms with van der Waals surface area (Å²) in [6, 6.07) is 0. The van der Waals surface area contributed by atoms with Gasteiger partial charge in [0.1, 0.15) is 0 Å². The SMILES string of the molecule is CCC1CC1C[C]=O. The lowest BCUT2D eigenvalue weighted by molar-refractivity contribution is 0.542. The predicted molar refractivity (Wildman–Crippen MR) is 32.2 cm³/mol. The van der Waals surface area contributed by atoms with Crippen molar-refractivity contribution in [1.82, 2.24) is 0 Å². The minimum Gasteiger partial charge on any atom is -0.291 e. The molecule has 0 heterocycles. The average molecular weight is 111 g/mol. The molecular weight excluding hydrogens is 100 g/mol. The van der Waals surface area contributed by atoms with Crippen LogP contribution in [0.1, 0.15) is 26.2 Å². The third-order valence-corrected chi connectivity index (χ3v) is 1.94. The van der Waals surface area contributed by atoms with Crippen molar-refractivity contribution < 1.29 is 4.79 Å². The summed E-state index contributed by atoms with van der Waals surface area (Å²) in [5.41, 5.74) is 0. The highest BCUT2D eigenvalue weighted by molar-refractivity contribution is 5.51. The highest BCUT2D eigenvalue weighted by Crippen LogP contribution is 2.42. The number of hydrogen-bond acceptors (Lipinski definition) is 1. The average Bonchev–Trinajstić information content (AvgIpc) is 2.48. The zero-order valence-electron chi connectivity index (χ0n) is 5.18. The molecule has 2 unspecified atom stereocenters.